The van der Waals surface area contributed by atoms with E-state index >= 15 is 0 Å². The van der Waals surface area contributed by atoms with Gasteiger partial charge in [0.1, 0.15) is 0 Å². The molecule has 168 valence electrons. The monoisotopic (exact) mass is 542 g/mol. The van der Waals surface area contributed by atoms with Crippen molar-refractivity contribution < 1.29 is 17.9 Å². The average molecular weight is 542 g/mol. The maximum Gasteiger partial charge on any atom is 0.240 e. The van der Waals surface area contributed by atoms with Crippen LogP contribution in [0.4, 0.5) is 0 Å². The first-order chi connectivity index (χ1) is 13.4. The van der Waals surface area contributed by atoms with Gasteiger partial charge in [0, 0.05) is 47.0 Å². The van der Waals surface area contributed by atoms with E-state index in [1.807, 2.05) is 6.07 Å². The Morgan fingerprint density at radius 1 is 1.17 bits per heavy atom. The van der Waals surface area contributed by atoms with Gasteiger partial charge in [-0.1, -0.05) is 26.0 Å². The van der Waals surface area contributed by atoms with E-state index in [1.54, 1.807) is 25.2 Å². The maximum atomic E-state index is 12.3. The van der Waals surface area contributed by atoms with E-state index in [1.165, 1.54) is 7.11 Å². The van der Waals surface area contributed by atoms with Crippen molar-refractivity contribution in [1.29, 1.82) is 0 Å². The van der Waals surface area contributed by atoms with Gasteiger partial charge in [-0.2, -0.15) is 0 Å². The molecular weight excluding hydrogens is 507 g/mol. The van der Waals surface area contributed by atoms with Crippen LogP contribution < -0.4 is 15.4 Å². The van der Waals surface area contributed by atoms with Crippen molar-refractivity contribution in [1.82, 2.24) is 15.4 Å². The van der Waals surface area contributed by atoms with E-state index in [0.717, 1.165) is 25.1 Å². The van der Waals surface area contributed by atoms with Crippen molar-refractivity contribution in [3.63, 3.8) is 0 Å². The minimum Gasteiger partial charge on any atom is -0.383 e. The lowest BCUT2D eigenvalue weighted by atomic mass is 10.2. The summed E-state index contributed by atoms with van der Waals surface area (Å²) in [4.78, 5) is 4.41. The van der Waals surface area contributed by atoms with Gasteiger partial charge >= 0.3 is 0 Å². The highest BCUT2D eigenvalue weighted by molar-refractivity contribution is 14.0. The number of hydrogen-bond acceptors (Lipinski definition) is 5. The van der Waals surface area contributed by atoms with Crippen molar-refractivity contribution >= 4 is 40.0 Å². The van der Waals surface area contributed by atoms with Crippen LogP contribution in [0.1, 0.15) is 25.8 Å². The summed E-state index contributed by atoms with van der Waals surface area (Å²) >= 11 is 0. The molecular formula is C19H35IN4O4S. The van der Waals surface area contributed by atoms with Gasteiger partial charge in [-0.25, -0.2) is 13.1 Å². The minimum absolute atomic E-state index is 0. The lowest BCUT2D eigenvalue weighted by Gasteiger charge is -2.13. The number of rotatable bonds is 13. The summed E-state index contributed by atoms with van der Waals surface area (Å²) in [6, 6.07) is 6.82. The number of hydrogen-bond donors (Lipinski definition) is 3. The number of sulfonamides is 1. The summed E-state index contributed by atoms with van der Waals surface area (Å²) < 4.78 is 37.5. The molecule has 0 atom stereocenters. The van der Waals surface area contributed by atoms with Crippen LogP contribution in [0.2, 0.25) is 0 Å². The van der Waals surface area contributed by atoms with Gasteiger partial charge in [0.15, 0.2) is 5.96 Å². The molecule has 0 heterocycles. The topological polar surface area (TPSA) is 101 Å². The van der Waals surface area contributed by atoms with Crippen LogP contribution in [0.3, 0.4) is 0 Å². The third kappa shape index (κ3) is 12.4. The predicted molar refractivity (Wildman–Crippen MR) is 127 cm³/mol. The standard InChI is InChI=1S/C19H34N4O4S.HI/c1-16(2)15-27-11-6-9-21-19(20-3)22-14-17-7-5-8-18(13-17)28(24,25)23-10-12-26-4;/h5,7-8,13,16,23H,6,9-12,14-15H2,1-4H3,(H2,20,21,22);1H. The first-order valence-electron chi connectivity index (χ1n) is 9.49. The van der Waals surface area contributed by atoms with Crippen molar-refractivity contribution in [2.24, 2.45) is 10.9 Å². The molecule has 29 heavy (non-hydrogen) atoms. The Morgan fingerprint density at radius 3 is 2.59 bits per heavy atom. The molecule has 10 heteroatoms. The molecule has 0 saturated carbocycles. The second-order valence-electron chi connectivity index (χ2n) is 6.71. The number of aliphatic imine (C=N–C) groups is 1. The Labute approximate surface area is 192 Å². The van der Waals surface area contributed by atoms with Crippen LogP contribution in [0.5, 0.6) is 0 Å². The first kappa shape index (κ1) is 28.1. The molecule has 0 fully saturated rings. The quantitative estimate of drug-likeness (QED) is 0.153. The van der Waals surface area contributed by atoms with Crippen molar-refractivity contribution in [2.45, 2.75) is 31.7 Å². The molecule has 0 saturated heterocycles. The summed E-state index contributed by atoms with van der Waals surface area (Å²) in [5, 5.41) is 6.41. The van der Waals surface area contributed by atoms with Gasteiger partial charge in [-0.05, 0) is 30.0 Å². The highest BCUT2D eigenvalue weighted by atomic mass is 127. The molecule has 1 aromatic rings. The fraction of sp³-hybridized carbons (Fsp3) is 0.632. The van der Waals surface area contributed by atoms with Crippen LogP contribution >= 0.6 is 24.0 Å². The van der Waals surface area contributed by atoms with Gasteiger partial charge in [0.25, 0.3) is 0 Å². The Hall–Kier alpha value is -0.950. The van der Waals surface area contributed by atoms with Crippen LogP contribution in [-0.4, -0.2) is 61.4 Å². The lowest BCUT2D eigenvalue weighted by Crippen LogP contribution is -2.37. The molecule has 0 unspecified atom stereocenters. The van der Waals surface area contributed by atoms with Crippen molar-refractivity contribution in [3.8, 4) is 0 Å². The fourth-order valence-electron chi connectivity index (χ4n) is 2.29. The zero-order valence-electron chi connectivity index (χ0n) is 17.7. The molecule has 0 aliphatic rings. The molecule has 3 N–H and O–H groups in total. The largest absolute Gasteiger partial charge is 0.383 e. The van der Waals surface area contributed by atoms with Gasteiger partial charge in [0.2, 0.25) is 10.0 Å². The Morgan fingerprint density at radius 2 is 1.93 bits per heavy atom. The van der Waals surface area contributed by atoms with Crippen molar-refractivity contribution in [3.05, 3.63) is 29.8 Å². The third-order valence-electron chi connectivity index (χ3n) is 3.70. The minimum atomic E-state index is -3.55. The van der Waals surface area contributed by atoms with E-state index in [-0.39, 0.29) is 35.4 Å². The van der Waals surface area contributed by atoms with Crippen LogP contribution in [0.25, 0.3) is 0 Å². The van der Waals surface area contributed by atoms with E-state index < -0.39 is 10.0 Å². The summed E-state index contributed by atoms with van der Waals surface area (Å²) in [5.74, 6) is 1.20. The molecule has 0 aliphatic heterocycles. The lowest BCUT2D eigenvalue weighted by molar-refractivity contribution is 0.108. The second-order valence-corrected chi connectivity index (χ2v) is 8.48. The molecule has 1 aromatic carbocycles. The van der Waals surface area contributed by atoms with Gasteiger partial charge in [-0.3, -0.25) is 4.99 Å². The van der Waals surface area contributed by atoms with Crippen molar-refractivity contribution in [2.75, 3.05) is 47.1 Å². The number of methoxy groups -OCH3 is 1. The number of nitrogens with one attached hydrogen (secondary N) is 3. The zero-order chi connectivity index (χ0) is 20.8. The molecule has 0 spiro atoms. The fourth-order valence-corrected chi connectivity index (χ4v) is 3.37. The Kier molecular flexibility index (Phi) is 15.3. The molecule has 0 aliphatic carbocycles. The smallest absolute Gasteiger partial charge is 0.240 e. The number of ether oxygens (including phenoxy) is 2. The molecule has 1 rings (SSSR count). The predicted octanol–water partition coefficient (Wildman–Crippen LogP) is 1.96. The number of halogens is 1. The van der Waals surface area contributed by atoms with E-state index in [0.29, 0.717) is 31.6 Å². The molecule has 8 nitrogen and oxygen atoms in total. The van der Waals surface area contributed by atoms with E-state index in [9.17, 15) is 8.42 Å². The summed E-state index contributed by atoms with van der Waals surface area (Å²) in [6.45, 7) is 7.49. The molecule has 0 amide bonds. The zero-order valence-corrected chi connectivity index (χ0v) is 20.9. The number of benzene rings is 1. The second kappa shape index (κ2) is 15.8. The molecule has 0 bridgehead atoms. The first-order valence-corrected chi connectivity index (χ1v) is 11.0. The summed E-state index contributed by atoms with van der Waals surface area (Å²) in [6.07, 6.45) is 0.883. The van der Waals surface area contributed by atoms with Gasteiger partial charge in [0.05, 0.1) is 11.5 Å². The third-order valence-corrected chi connectivity index (χ3v) is 5.16. The SMILES string of the molecule is CN=C(NCCCOCC(C)C)NCc1cccc(S(=O)(=O)NCCOC)c1.I. The van der Waals surface area contributed by atoms with Crippen LogP contribution in [-0.2, 0) is 26.0 Å². The Bertz CT molecular complexity index is 699. The molecule has 0 radical (unpaired) electrons. The molecule has 0 aromatic heterocycles. The summed E-state index contributed by atoms with van der Waals surface area (Å²) in [7, 11) is -0.318. The van der Waals surface area contributed by atoms with E-state index in [2.05, 4.69) is 34.2 Å². The Balaban J connectivity index is 0.00000784. The number of guanidine groups is 1. The maximum absolute atomic E-state index is 12.3. The highest BCUT2D eigenvalue weighted by Gasteiger charge is 2.13. The van der Waals surface area contributed by atoms with Crippen LogP contribution in [0, 0.1) is 5.92 Å². The van der Waals surface area contributed by atoms with Gasteiger partial charge < -0.3 is 20.1 Å². The van der Waals surface area contributed by atoms with E-state index in [4.69, 9.17) is 9.47 Å². The van der Waals surface area contributed by atoms with Gasteiger partial charge in [-0.15, -0.1) is 24.0 Å². The average Bonchev–Trinajstić information content (AvgIpc) is 2.67. The normalized spacial score (nSPS) is 12.0. The number of nitrogens with zero attached hydrogens (tertiary/aromatic N) is 1. The summed E-state index contributed by atoms with van der Waals surface area (Å²) in [5.41, 5.74) is 0.845. The van der Waals surface area contributed by atoms with Crippen LogP contribution in [0.15, 0.2) is 34.2 Å². The highest BCUT2D eigenvalue weighted by Crippen LogP contribution is 2.11.